The van der Waals surface area contributed by atoms with Gasteiger partial charge in [-0.05, 0) is 23.8 Å². The van der Waals surface area contributed by atoms with Crippen LogP contribution in [-0.4, -0.2) is 24.3 Å². The molecule has 15 heavy (non-hydrogen) atoms. The van der Waals surface area contributed by atoms with Gasteiger partial charge in [-0.1, -0.05) is 11.6 Å². The van der Waals surface area contributed by atoms with E-state index in [-0.39, 0.29) is 6.42 Å². The monoisotopic (exact) mass is 232 g/mol. The first-order chi connectivity index (χ1) is 7.04. The van der Waals surface area contributed by atoms with Crippen LogP contribution in [0.15, 0.2) is 18.2 Å². The lowest BCUT2D eigenvalue weighted by Gasteiger charge is -2.11. The maximum Gasteiger partial charge on any atom is 0.333 e. The number of methoxy groups -OCH3 is 1. The lowest BCUT2D eigenvalue weighted by Crippen LogP contribution is -2.25. The second-order valence-electron chi connectivity index (χ2n) is 3.00. The number of carboxylic acid groups (broad SMARTS) is 1. The first-order valence-electron chi connectivity index (χ1n) is 4.24. The Morgan fingerprint density at radius 3 is 2.87 bits per heavy atom. The Kier molecular flexibility index (Phi) is 4.05. The van der Waals surface area contributed by atoms with Crippen molar-refractivity contribution in [3.63, 3.8) is 0 Å². The highest BCUT2D eigenvalue weighted by molar-refractivity contribution is 6.31. The fraction of sp³-hybridized carbons (Fsp3) is 0.300. The van der Waals surface area contributed by atoms with Crippen molar-refractivity contribution in [2.75, 3.05) is 7.11 Å². The Bertz CT molecular complexity index is 368. The van der Waals surface area contributed by atoms with Crippen LogP contribution in [-0.2, 0) is 16.0 Å². The largest absolute Gasteiger partial charge is 0.479 e. The van der Waals surface area contributed by atoms with E-state index in [0.29, 0.717) is 10.6 Å². The number of hydrogen-bond donors (Lipinski definition) is 1. The number of carbonyl (C=O) groups is 1. The van der Waals surface area contributed by atoms with Gasteiger partial charge in [-0.2, -0.15) is 0 Å². The Morgan fingerprint density at radius 1 is 1.67 bits per heavy atom. The van der Waals surface area contributed by atoms with Crippen LogP contribution in [0, 0.1) is 5.82 Å². The molecule has 0 aliphatic carbocycles. The molecule has 1 unspecified atom stereocenters. The third-order valence-electron chi connectivity index (χ3n) is 1.97. The standard InChI is InChI=1S/C10H10ClFO3/c1-15-9(10(13)14)5-6-4-7(12)2-3-8(6)11/h2-4,9H,5H2,1H3,(H,13,14). The van der Waals surface area contributed by atoms with E-state index in [1.54, 1.807) is 0 Å². The highest BCUT2D eigenvalue weighted by atomic mass is 35.5. The molecule has 0 saturated heterocycles. The summed E-state index contributed by atoms with van der Waals surface area (Å²) >= 11 is 5.79. The maximum atomic E-state index is 12.9. The van der Waals surface area contributed by atoms with Crippen LogP contribution in [0.25, 0.3) is 0 Å². The van der Waals surface area contributed by atoms with Gasteiger partial charge in [0.25, 0.3) is 0 Å². The maximum absolute atomic E-state index is 12.9. The molecule has 0 amide bonds. The summed E-state index contributed by atoms with van der Waals surface area (Å²) in [5.41, 5.74) is 0.422. The summed E-state index contributed by atoms with van der Waals surface area (Å²) in [4.78, 5) is 10.7. The summed E-state index contributed by atoms with van der Waals surface area (Å²) in [7, 11) is 1.28. The molecule has 1 aromatic rings. The molecule has 1 N–H and O–H groups in total. The van der Waals surface area contributed by atoms with Crippen molar-refractivity contribution in [3.8, 4) is 0 Å². The molecule has 0 heterocycles. The predicted octanol–water partition coefficient (Wildman–Crippen LogP) is 2.12. The molecule has 5 heteroatoms. The number of aliphatic carboxylic acids is 1. The number of ether oxygens (including phenoxy) is 1. The van der Waals surface area contributed by atoms with Crippen LogP contribution in [0.1, 0.15) is 5.56 Å². The van der Waals surface area contributed by atoms with E-state index in [4.69, 9.17) is 21.4 Å². The van der Waals surface area contributed by atoms with E-state index in [1.807, 2.05) is 0 Å². The summed E-state index contributed by atoms with van der Waals surface area (Å²) in [5.74, 6) is -1.55. The zero-order valence-corrected chi connectivity index (χ0v) is 8.79. The van der Waals surface area contributed by atoms with E-state index in [9.17, 15) is 9.18 Å². The number of carboxylic acids is 1. The van der Waals surface area contributed by atoms with Crippen molar-refractivity contribution in [3.05, 3.63) is 34.6 Å². The molecule has 0 aromatic heterocycles. The van der Waals surface area contributed by atoms with Crippen LogP contribution < -0.4 is 0 Å². The van der Waals surface area contributed by atoms with Gasteiger partial charge < -0.3 is 9.84 Å². The van der Waals surface area contributed by atoms with Gasteiger partial charge in [0.2, 0.25) is 0 Å². The first-order valence-corrected chi connectivity index (χ1v) is 4.62. The Balaban J connectivity index is 2.87. The smallest absolute Gasteiger partial charge is 0.333 e. The molecule has 1 atom stereocenters. The molecule has 0 aliphatic heterocycles. The number of halogens is 2. The molecular formula is C10H10ClFO3. The molecule has 0 saturated carbocycles. The Labute approximate surface area is 91.4 Å². The molecule has 0 radical (unpaired) electrons. The highest BCUT2D eigenvalue weighted by Gasteiger charge is 2.18. The molecule has 0 fully saturated rings. The van der Waals surface area contributed by atoms with Gasteiger partial charge in [-0.15, -0.1) is 0 Å². The minimum atomic E-state index is -1.10. The fourth-order valence-corrected chi connectivity index (χ4v) is 1.37. The van der Waals surface area contributed by atoms with Gasteiger partial charge in [0.15, 0.2) is 6.10 Å². The summed E-state index contributed by atoms with van der Waals surface area (Å²) in [5, 5.41) is 9.07. The molecule has 0 aliphatic rings. The van der Waals surface area contributed by atoms with E-state index in [0.717, 1.165) is 0 Å². The summed E-state index contributed by atoms with van der Waals surface area (Å²) in [6, 6.07) is 3.81. The predicted molar refractivity (Wildman–Crippen MR) is 53.5 cm³/mol. The molecular weight excluding hydrogens is 223 g/mol. The van der Waals surface area contributed by atoms with Crippen molar-refractivity contribution in [2.24, 2.45) is 0 Å². The number of rotatable bonds is 4. The zero-order valence-electron chi connectivity index (χ0n) is 8.04. The average Bonchev–Trinajstić information content (AvgIpc) is 2.18. The third-order valence-corrected chi connectivity index (χ3v) is 2.34. The molecule has 0 bridgehead atoms. The van der Waals surface area contributed by atoms with Crippen molar-refractivity contribution in [1.29, 1.82) is 0 Å². The average molecular weight is 233 g/mol. The number of hydrogen-bond acceptors (Lipinski definition) is 2. The lowest BCUT2D eigenvalue weighted by atomic mass is 10.1. The highest BCUT2D eigenvalue weighted by Crippen LogP contribution is 2.19. The van der Waals surface area contributed by atoms with E-state index >= 15 is 0 Å². The minimum absolute atomic E-state index is 0.0441. The third kappa shape index (κ3) is 3.18. The molecule has 1 aromatic carbocycles. The Hall–Kier alpha value is -1.13. The van der Waals surface area contributed by atoms with E-state index < -0.39 is 17.9 Å². The second kappa shape index (κ2) is 5.09. The SMILES string of the molecule is COC(Cc1cc(F)ccc1Cl)C(=O)O. The van der Waals surface area contributed by atoms with Gasteiger partial charge in [0.05, 0.1) is 0 Å². The lowest BCUT2D eigenvalue weighted by molar-refractivity contribution is -0.148. The molecule has 82 valence electrons. The fourth-order valence-electron chi connectivity index (χ4n) is 1.17. The van der Waals surface area contributed by atoms with Crippen molar-refractivity contribution in [2.45, 2.75) is 12.5 Å². The van der Waals surface area contributed by atoms with Gasteiger partial charge in [0, 0.05) is 18.6 Å². The van der Waals surface area contributed by atoms with Crippen LogP contribution in [0.2, 0.25) is 5.02 Å². The van der Waals surface area contributed by atoms with E-state index in [1.165, 1.54) is 25.3 Å². The molecule has 0 spiro atoms. The first kappa shape index (κ1) is 11.9. The van der Waals surface area contributed by atoms with Crippen LogP contribution in [0.4, 0.5) is 4.39 Å². The second-order valence-corrected chi connectivity index (χ2v) is 3.41. The van der Waals surface area contributed by atoms with Gasteiger partial charge >= 0.3 is 5.97 Å². The van der Waals surface area contributed by atoms with Crippen LogP contribution in [0.5, 0.6) is 0 Å². The van der Waals surface area contributed by atoms with Crippen LogP contribution >= 0.6 is 11.6 Å². The normalized spacial score (nSPS) is 12.5. The minimum Gasteiger partial charge on any atom is -0.479 e. The number of benzene rings is 1. The summed E-state index contributed by atoms with van der Waals surface area (Å²) < 4.78 is 17.6. The van der Waals surface area contributed by atoms with Crippen LogP contribution in [0.3, 0.4) is 0 Å². The van der Waals surface area contributed by atoms with Crippen molar-refractivity contribution in [1.82, 2.24) is 0 Å². The Morgan fingerprint density at radius 2 is 2.33 bits per heavy atom. The molecule has 1 rings (SSSR count). The van der Waals surface area contributed by atoms with E-state index in [2.05, 4.69) is 0 Å². The van der Waals surface area contributed by atoms with Gasteiger partial charge in [-0.3, -0.25) is 0 Å². The molecule has 3 nitrogen and oxygen atoms in total. The van der Waals surface area contributed by atoms with Gasteiger partial charge in [0.1, 0.15) is 5.82 Å². The van der Waals surface area contributed by atoms with Crippen molar-refractivity contribution < 1.29 is 19.0 Å². The zero-order chi connectivity index (χ0) is 11.4. The summed E-state index contributed by atoms with van der Waals surface area (Å²) in [6.45, 7) is 0. The topological polar surface area (TPSA) is 46.5 Å². The summed E-state index contributed by atoms with van der Waals surface area (Å²) in [6.07, 6.45) is -0.966. The van der Waals surface area contributed by atoms with Crippen molar-refractivity contribution >= 4 is 17.6 Å². The van der Waals surface area contributed by atoms with Gasteiger partial charge in [-0.25, -0.2) is 9.18 Å². The quantitative estimate of drug-likeness (QED) is 0.865.